The Hall–Kier alpha value is -3.41. The number of ketones is 1. The molecule has 6 nitrogen and oxygen atoms in total. The van der Waals surface area contributed by atoms with Gasteiger partial charge in [0, 0.05) is 22.5 Å². The van der Waals surface area contributed by atoms with Gasteiger partial charge in [0.05, 0.1) is 12.2 Å². The summed E-state index contributed by atoms with van der Waals surface area (Å²) >= 11 is 0. The molecule has 3 rings (SSSR count). The lowest BCUT2D eigenvalue weighted by atomic mass is 10.1. The zero-order chi connectivity index (χ0) is 18.5. The first-order valence-corrected chi connectivity index (χ1v) is 8.13. The van der Waals surface area contributed by atoms with Crippen LogP contribution in [0.4, 0.5) is 0 Å². The van der Waals surface area contributed by atoms with Crippen molar-refractivity contribution in [2.45, 2.75) is 6.92 Å². The summed E-state index contributed by atoms with van der Waals surface area (Å²) in [5, 5.41) is 0.561. The van der Waals surface area contributed by atoms with E-state index in [1.807, 2.05) is 6.92 Å². The lowest BCUT2D eigenvalue weighted by molar-refractivity contribution is 0.0476. The molecule has 132 valence electrons. The second-order valence-corrected chi connectivity index (χ2v) is 5.55. The Balaban J connectivity index is 1.73. The zero-order valence-electron chi connectivity index (χ0n) is 14.2. The number of aromatic nitrogens is 1. The highest BCUT2D eigenvalue weighted by Crippen LogP contribution is 2.16. The number of carbonyl (C=O) groups excluding carboxylic acids is 2. The SMILES string of the molecule is CCOc1ccc(C(=O)COC(=O)c2cc(=O)[nH]c3ccccc23)cc1. The van der Waals surface area contributed by atoms with Crippen LogP contribution in [0.15, 0.2) is 59.4 Å². The van der Waals surface area contributed by atoms with E-state index in [-0.39, 0.29) is 11.3 Å². The van der Waals surface area contributed by atoms with Gasteiger partial charge in [0.1, 0.15) is 5.75 Å². The van der Waals surface area contributed by atoms with E-state index < -0.39 is 18.1 Å². The van der Waals surface area contributed by atoms with Gasteiger partial charge in [0.2, 0.25) is 5.56 Å². The molecule has 0 saturated heterocycles. The molecule has 2 aromatic carbocycles. The van der Waals surface area contributed by atoms with Crippen molar-refractivity contribution in [3.05, 3.63) is 76.1 Å². The van der Waals surface area contributed by atoms with Gasteiger partial charge in [-0.05, 0) is 37.3 Å². The number of hydrogen-bond acceptors (Lipinski definition) is 5. The van der Waals surface area contributed by atoms with Gasteiger partial charge in [-0.3, -0.25) is 9.59 Å². The molecule has 0 aliphatic carbocycles. The average molecular weight is 351 g/mol. The van der Waals surface area contributed by atoms with E-state index in [0.717, 1.165) is 0 Å². The van der Waals surface area contributed by atoms with Gasteiger partial charge < -0.3 is 14.5 Å². The third-order valence-corrected chi connectivity index (χ3v) is 3.79. The highest BCUT2D eigenvalue weighted by molar-refractivity contribution is 6.05. The fourth-order valence-corrected chi connectivity index (χ4v) is 2.57. The highest BCUT2D eigenvalue weighted by atomic mass is 16.5. The number of esters is 1. The number of rotatable bonds is 6. The molecule has 0 atom stereocenters. The van der Waals surface area contributed by atoms with Crippen LogP contribution in [0.25, 0.3) is 10.9 Å². The molecule has 26 heavy (non-hydrogen) atoms. The van der Waals surface area contributed by atoms with Crippen LogP contribution < -0.4 is 10.3 Å². The van der Waals surface area contributed by atoms with Gasteiger partial charge in [0.25, 0.3) is 0 Å². The molecule has 0 aliphatic heterocycles. The number of hydrogen-bond donors (Lipinski definition) is 1. The fourth-order valence-electron chi connectivity index (χ4n) is 2.57. The summed E-state index contributed by atoms with van der Waals surface area (Å²) in [6.07, 6.45) is 0. The van der Waals surface area contributed by atoms with Crippen molar-refractivity contribution in [1.29, 1.82) is 0 Å². The van der Waals surface area contributed by atoms with E-state index in [1.165, 1.54) is 6.07 Å². The molecule has 0 spiro atoms. The van der Waals surface area contributed by atoms with Crippen LogP contribution in [0.1, 0.15) is 27.6 Å². The fraction of sp³-hybridized carbons (Fsp3) is 0.150. The predicted molar refractivity (Wildman–Crippen MR) is 96.8 cm³/mol. The molecular weight excluding hydrogens is 334 g/mol. The number of Topliss-reactive ketones (excluding diaryl/α,β-unsaturated/α-hetero) is 1. The summed E-state index contributed by atoms with van der Waals surface area (Å²) in [4.78, 5) is 38.9. The molecule has 1 heterocycles. The van der Waals surface area contributed by atoms with Crippen molar-refractivity contribution in [2.24, 2.45) is 0 Å². The van der Waals surface area contributed by atoms with Crippen molar-refractivity contribution in [2.75, 3.05) is 13.2 Å². The van der Waals surface area contributed by atoms with E-state index in [2.05, 4.69) is 4.98 Å². The average Bonchev–Trinajstić information content (AvgIpc) is 2.66. The van der Waals surface area contributed by atoms with E-state index in [9.17, 15) is 14.4 Å². The Bertz CT molecular complexity index is 1000. The highest BCUT2D eigenvalue weighted by Gasteiger charge is 2.15. The van der Waals surface area contributed by atoms with Gasteiger partial charge in [-0.25, -0.2) is 4.79 Å². The normalized spacial score (nSPS) is 10.5. The van der Waals surface area contributed by atoms with Gasteiger partial charge in [0.15, 0.2) is 12.4 Å². The predicted octanol–water partition coefficient (Wildman–Crippen LogP) is 2.97. The molecule has 6 heteroatoms. The minimum Gasteiger partial charge on any atom is -0.494 e. The molecule has 3 aromatic rings. The van der Waals surface area contributed by atoms with E-state index in [4.69, 9.17) is 9.47 Å². The van der Waals surface area contributed by atoms with Crippen molar-refractivity contribution in [3.8, 4) is 5.75 Å². The first-order chi connectivity index (χ1) is 12.6. The second-order valence-electron chi connectivity index (χ2n) is 5.55. The minimum absolute atomic E-state index is 0.129. The van der Waals surface area contributed by atoms with E-state index in [0.29, 0.717) is 28.8 Å². The Morgan fingerprint density at radius 2 is 1.77 bits per heavy atom. The van der Waals surface area contributed by atoms with Crippen LogP contribution >= 0.6 is 0 Å². The summed E-state index contributed by atoms with van der Waals surface area (Å²) in [6.45, 7) is 2.00. The summed E-state index contributed by atoms with van der Waals surface area (Å²) in [7, 11) is 0. The van der Waals surface area contributed by atoms with Crippen LogP contribution in [-0.4, -0.2) is 30.0 Å². The van der Waals surface area contributed by atoms with Crippen LogP contribution in [0.5, 0.6) is 5.75 Å². The standard InChI is InChI=1S/C20H17NO5/c1-2-25-14-9-7-13(8-10-14)18(22)12-26-20(24)16-11-19(23)21-17-6-4-3-5-15(16)17/h3-11H,2,12H2,1H3,(H,21,23). The molecular formula is C20H17NO5. The largest absolute Gasteiger partial charge is 0.494 e. The van der Waals surface area contributed by atoms with Gasteiger partial charge in [-0.1, -0.05) is 18.2 Å². The maximum Gasteiger partial charge on any atom is 0.339 e. The van der Waals surface area contributed by atoms with Crippen LogP contribution in [0, 0.1) is 0 Å². The molecule has 0 saturated carbocycles. The van der Waals surface area contributed by atoms with Crippen molar-refractivity contribution in [1.82, 2.24) is 4.98 Å². The molecule has 0 bridgehead atoms. The van der Waals surface area contributed by atoms with Crippen molar-refractivity contribution in [3.63, 3.8) is 0 Å². The Morgan fingerprint density at radius 3 is 2.50 bits per heavy atom. The quantitative estimate of drug-likeness (QED) is 0.545. The van der Waals surface area contributed by atoms with Crippen LogP contribution in [0.2, 0.25) is 0 Å². The molecule has 1 aromatic heterocycles. The molecule has 0 amide bonds. The van der Waals surface area contributed by atoms with Gasteiger partial charge in [-0.15, -0.1) is 0 Å². The number of aromatic amines is 1. The number of ether oxygens (including phenoxy) is 2. The molecule has 0 radical (unpaired) electrons. The minimum atomic E-state index is -0.716. The molecule has 0 fully saturated rings. The maximum absolute atomic E-state index is 12.3. The van der Waals surface area contributed by atoms with Crippen molar-refractivity contribution >= 4 is 22.7 Å². The Labute approximate surface area is 149 Å². The number of nitrogens with one attached hydrogen (secondary N) is 1. The second kappa shape index (κ2) is 7.65. The van der Waals surface area contributed by atoms with Gasteiger partial charge in [-0.2, -0.15) is 0 Å². The Kier molecular flexibility index (Phi) is 5.12. The Morgan fingerprint density at radius 1 is 1.04 bits per heavy atom. The molecule has 1 N–H and O–H groups in total. The number of carbonyl (C=O) groups is 2. The summed E-state index contributed by atoms with van der Waals surface area (Å²) in [5.74, 6) is -0.391. The third kappa shape index (κ3) is 3.80. The number of benzene rings is 2. The number of pyridine rings is 1. The monoisotopic (exact) mass is 351 g/mol. The zero-order valence-corrected chi connectivity index (χ0v) is 14.2. The number of para-hydroxylation sites is 1. The summed E-state index contributed by atoms with van der Waals surface area (Å²) in [6, 6.07) is 14.7. The smallest absolute Gasteiger partial charge is 0.339 e. The first-order valence-electron chi connectivity index (χ1n) is 8.13. The lowest BCUT2D eigenvalue weighted by Crippen LogP contribution is -2.17. The third-order valence-electron chi connectivity index (χ3n) is 3.79. The number of fused-ring (bicyclic) bond motifs is 1. The number of H-pyrrole nitrogens is 1. The summed E-state index contributed by atoms with van der Waals surface area (Å²) in [5.41, 5.74) is 0.666. The van der Waals surface area contributed by atoms with Crippen molar-refractivity contribution < 1.29 is 19.1 Å². The lowest BCUT2D eigenvalue weighted by Gasteiger charge is -2.07. The maximum atomic E-state index is 12.3. The van der Waals surface area contributed by atoms with Crippen LogP contribution in [-0.2, 0) is 4.74 Å². The van der Waals surface area contributed by atoms with E-state index >= 15 is 0 Å². The van der Waals surface area contributed by atoms with Crippen LogP contribution in [0.3, 0.4) is 0 Å². The molecule has 0 aliphatic rings. The summed E-state index contributed by atoms with van der Waals surface area (Å²) < 4.78 is 10.4. The van der Waals surface area contributed by atoms with E-state index in [1.54, 1.807) is 48.5 Å². The van der Waals surface area contributed by atoms with Gasteiger partial charge >= 0.3 is 5.97 Å². The topological polar surface area (TPSA) is 85.5 Å². The molecule has 0 unspecified atom stereocenters. The first kappa shape index (κ1) is 17.4.